The topological polar surface area (TPSA) is 81.3 Å². The first-order valence-corrected chi connectivity index (χ1v) is 8.82. The third-order valence-electron chi connectivity index (χ3n) is 4.35. The Labute approximate surface area is 143 Å². The second kappa shape index (κ2) is 6.40. The second-order valence-corrected chi connectivity index (χ2v) is 7.24. The van der Waals surface area contributed by atoms with Gasteiger partial charge in [-0.25, -0.2) is 0 Å². The van der Waals surface area contributed by atoms with Crippen molar-refractivity contribution in [2.75, 3.05) is 20.2 Å². The molecular weight excluding hydrogens is 326 g/mol. The normalized spacial score (nSPS) is 16.8. The summed E-state index contributed by atoms with van der Waals surface area (Å²) >= 11 is 1.67. The lowest BCUT2D eigenvalue weighted by Crippen LogP contribution is -2.33. The molecule has 0 aromatic carbocycles. The van der Waals surface area contributed by atoms with Crippen LogP contribution < -0.4 is 4.74 Å². The average molecular weight is 345 g/mol. The minimum atomic E-state index is 0.368. The minimum Gasteiger partial charge on any atom is -0.480 e. The molecule has 0 aliphatic carbocycles. The monoisotopic (exact) mass is 345 g/mol. The number of likely N-dealkylation sites (tertiary alicyclic amines) is 1. The molecule has 24 heavy (non-hydrogen) atoms. The van der Waals surface area contributed by atoms with Crippen molar-refractivity contribution in [2.24, 2.45) is 0 Å². The van der Waals surface area contributed by atoms with Crippen LogP contribution >= 0.6 is 11.3 Å². The van der Waals surface area contributed by atoms with Gasteiger partial charge >= 0.3 is 0 Å². The number of piperidine rings is 1. The fourth-order valence-electron chi connectivity index (χ4n) is 3.09. The summed E-state index contributed by atoms with van der Waals surface area (Å²) in [5, 5.41) is 23.5. The molecular formula is C15H19N7OS. The van der Waals surface area contributed by atoms with Gasteiger partial charge in [-0.1, -0.05) is 0 Å². The van der Waals surface area contributed by atoms with Gasteiger partial charge in [0.15, 0.2) is 11.5 Å². The molecule has 3 aromatic rings. The van der Waals surface area contributed by atoms with Gasteiger partial charge in [-0.2, -0.15) is 4.52 Å². The molecule has 0 radical (unpaired) electrons. The molecule has 1 aliphatic heterocycles. The van der Waals surface area contributed by atoms with Crippen LogP contribution in [0.15, 0.2) is 12.1 Å². The van der Waals surface area contributed by atoms with Gasteiger partial charge in [0.05, 0.1) is 13.7 Å². The fourth-order valence-corrected chi connectivity index (χ4v) is 3.85. The Bertz CT molecular complexity index is 837. The number of hydrogen-bond donors (Lipinski definition) is 0. The summed E-state index contributed by atoms with van der Waals surface area (Å²) < 4.78 is 7.02. The molecule has 1 saturated heterocycles. The Morgan fingerprint density at radius 3 is 2.71 bits per heavy atom. The van der Waals surface area contributed by atoms with Gasteiger partial charge in [0.1, 0.15) is 10.0 Å². The summed E-state index contributed by atoms with van der Waals surface area (Å²) in [4.78, 5) is 2.42. The molecule has 1 fully saturated rings. The van der Waals surface area contributed by atoms with Crippen molar-refractivity contribution >= 4 is 17.0 Å². The Morgan fingerprint density at radius 2 is 2.00 bits per heavy atom. The highest BCUT2D eigenvalue weighted by Gasteiger charge is 2.25. The number of ether oxygens (including phenoxy) is 1. The molecule has 0 amide bonds. The van der Waals surface area contributed by atoms with Crippen molar-refractivity contribution in [3.05, 3.63) is 28.0 Å². The SMILES string of the molecule is COc1ccc2nnc(C3CCN(Cc4nnc(C)s4)CC3)n2n1. The molecule has 4 heterocycles. The molecule has 126 valence electrons. The maximum atomic E-state index is 5.21. The van der Waals surface area contributed by atoms with Crippen LogP contribution in [0, 0.1) is 6.92 Å². The van der Waals surface area contributed by atoms with Crippen molar-refractivity contribution in [3.8, 4) is 5.88 Å². The van der Waals surface area contributed by atoms with E-state index in [-0.39, 0.29) is 0 Å². The van der Waals surface area contributed by atoms with Crippen LogP contribution in [0.3, 0.4) is 0 Å². The maximum Gasteiger partial charge on any atom is 0.231 e. The molecule has 0 bridgehead atoms. The zero-order valence-electron chi connectivity index (χ0n) is 13.7. The van der Waals surface area contributed by atoms with Crippen molar-refractivity contribution in [3.63, 3.8) is 0 Å². The predicted molar refractivity (Wildman–Crippen MR) is 89.2 cm³/mol. The summed E-state index contributed by atoms with van der Waals surface area (Å²) in [5.41, 5.74) is 0.762. The van der Waals surface area contributed by atoms with Gasteiger partial charge in [0.2, 0.25) is 5.88 Å². The highest BCUT2D eigenvalue weighted by molar-refractivity contribution is 7.11. The van der Waals surface area contributed by atoms with Crippen LogP contribution in [0.2, 0.25) is 0 Å². The Balaban J connectivity index is 1.45. The van der Waals surface area contributed by atoms with Gasteiger partial charge in [-0.3, -0.25) is 4.90 Å². The van der Waals surface area contributed by atoms with Gasteiger partial charge in [0.25, 0.3) is 0 Å². The van der Waals surface area contributed by atoms with Crippen LogP contribution in [0.5, 0.6) is 5.88 Å². The zero-order chi connectivity index (χ0) is 16.5. The summed E-state index contributed by atoms with van der Waals surface area (Å²) in [5.74, 6) is 1.87. The summed E-state index contributed by atoms with van der Waals surface area (Å²) in [6.45, 7) is 4.90. The molecule has 0 saturated carbocycles. The lowest BCUT2D eigenvalue weighted by atomic mass is 9.96. The quantitative estimate of drug-likeness (QED) is 0.711. The van der Waals surface area contributed by atoms with E-state index in [1.807, 2.05) is 17.5 Å². The maximum absolute atomic E-state index is 5.21. The van der Waals surface area contributed by atoms with Crippen molar-refractivity contribution in [1.29, 1.82) is 0 Å². The Hall–Kier alpha value is -2.13. The lowest BCUT2D eigenvalue weighted by Gasteiger charge is -2.30. The summed E-state index contributed by atoms with van der Waals surface area (Å²) in [7, 11) is 1.62. The van der Waals surface area contributed by atoms with Crippen LogP contribution in [-0.4, -0.2) is 55.1 Å². The number of fused-ring (bicyclic) bond motifs is 1. The molecule has 0 atom stereocenters. The molecule has 0 N–H and O–H groups in total. The van der Waals surface area contributed by atoms with E-state index in [1.54, 1.807) is 24.5 Å². The van der Waals surface area contributed by atoms with E-state index in [0.717, 1.165) is 54.0 Å². The van der Waals surface area contributed by atoms with E-state index in [0.29, 0.717) is 11.8 Å². The summed E-state index contributed by atoms with van der Waals surface area (Å²) in [6, 6.07) is 3.69. The minimum absolute atomic E-state index is 0.368. The predicted octanol–water partition coefficient (Wildman–Crippen LogP) is 1.67. The largest absolute Gasteiger partial charge is 0.480 e. The van der Waals surface area contributed by atoms with Crippen LogP contribution in [0.25, 0.3) is 5.65 Å². The zero-order valence-corrected chi connectivity index (χ0v) is 14.5. The molecule has 3 aromatic heterocycles. The second-order valence-electron chi connectivity index (χ2n) is 5.97. The average Bonchev–Trinajstić information content (AvgIpc) is 3.21. The fraction of sp³-hybridized carbons (Fsp3) is 0.533. The third kappa shape index (κ3) is 2.96. The van der Waals surface area contributed by atoms with E-state index in [1.165, 1.54) is 0 Å². The first-order valence-electron chi connectivity index (χ1n) is 8.00. The van der Waals surface area contributed by atoms with E-state index < -0.39 is 0 Å². The van der Waals surface area contributed by atoms with E-state index >= 15 is 0 Å². The molecule has 0 unspecified atom stereocenters. The van der Waals surface area contributed by atoms with E-state index in [2.05, 4.69) is 30.4 Å². The van der Waals surface area contributed by atoms with Crippen molar-refractivity contribution in [1.82, 2.24) is 34.9 Å². The first kappa shape index (κ1) is 15.4. The smallest absolute Gasteiger partial charge is 0.231 e. The van der Waals surface area contributed by atoms with Gasteiger partial charge in [0, 0.05) is 12.0 Å². The first-order chi connectivity index (χ1) is 11.7. The molecule has 0 spiro atoms. The number of aromatic nitrogens is 6. The lowest BCUT2D eigenvalue weighted by molar-refractivity contribution is 0.200. The van der Waals surface area contributed by atoms with Gasteiger partial charge < -0.3 is 4.74 Å². The number of aryl methyl sites for hydroxylation is 1. The molecule has 8 nitrogen and oxygen atoms in total. The van der Waals surface area contributed by atoms with Gasteiger partial charge in [-0.05, 0) is 38.9 Å². The van der Waals surface area contributed by atoms with E-state index in [9.17, 15) is 0 Å². The van der Waals surface area contributed by atoms with Crippen LogP contribution in [0.1, 0.15) is 34.6 Å². The van der Waals surface area contributed by atoms with Crippen LogP contribution in [0.4, 0.5) is 0 Å². The van der Waals surface area contributed by atoms with Crippen molar-refractivity contribution < 1.29 is 4.74 Å². The number of methoxy groups -OCH3 is 1. The molecule has 1 aliphatic rings. The Morgan fingerprint density at radius 1 is 1.17 bits per heavy atom. The van der Waals surface area contributed by atoms with Gasteiger partial charge in [-0.15, -0.1) is 36.8 Å². The highest BCUT2D eigenvalue weighted by Crippen LogP contribution is 2.28. The standard InChI is InChI=1S/C15H19N7OS/c1-10-16-18-14(24-10)9-21-7-5-11(6-8-21)15-19-17-12-3-4-13(23-2)20-22(12)15/h3-4,11H,5-9H2,1-2H3. The number of rotatable bonds is 4. The summed E-state index contributed by atoms with van der Waals surface area (Å²) in [6.07, 6.45) is 2.08. The van der Waals surface area contributed by atoms with Crippen molar-refractivity contribution in [2.45, 2.75) is 32.2 Å². The molecule has 4 rings (SSSR count). The highest BCUT2D eigenvalue weighted by atomic mass is 32.1. The molecule has 9 heteroatoms. The van der Waals surface area contributed by atoms with E-state index in [4.69, 9.17) is 4.74 Å². The third-order valence-corrected chi connectivity index (χ3v) is 5.17. The van der Waals surface area contributed by atoms with Crippen LogP contribution in [-0.2, 0) is 6.54 Å². The Kier molecular flexibility index (Phi) is 4.11. The number of nitrogens with zero attached hydrogens (tertiary/aromatic N) is 7. The number of hydrogen-bond acceptors (Lipinski definition) is 8.